The predicted octanol–water partition coefficient (Wildman–Crippen LogP) is 1.69. The smallest absolute Gasteiger partial charge is 0.223 e. The number of carbonyl (C=O) groups is 1. The number of hydrogen-bond donors (Lipinski definition) is 1. The molecule has 1 aromatic heterocycles. The van der Waals surface area contributed by atoms with Crippen LogP contribution in [0.4, 0.5) is 0 Å². The molecular weight excluding hydrogens is 240 g/mol. The third-order valence-electron chi connectivity index (χ3n) is 3.82. The van der Waals surface area contributed by atoms with Gasteiger partial charge in [0.05, 0.1) is 11.7 Å². The first-order chi connectivity index (χ1) is 9.19. The molecule has 5 heteroatoms. The average Bonchev–Trinajstić information content (AvgIpc) is 2.78. The van der Waals surface area contributed by atoms with Crippen LogP contribution in [0, 0.1) is 0 Å². The normalized spacial score (nSPS) is 24.6. The highest BCUT2D eigenvalue weighted by atomic mass is 16.2. The van der Waals surface area contributed by atoms with E-state index in [-0.39, 0.29) is 18.0 Å². The van der Waals surface area contributed by atoms with Crippen LogP contribution in [0.2, 0.25) is 0 Å². The SMILES string of the molecule is CCCn1nccc1C1C(N)CCCC(=O)N1CC. The number of rotatable bonds is 4. The van der Waals surface area contributed by atoms with E-state index in [4.69, 9.17) is 5.73 Å². The highest BCUT2D eigenvalue weighted by Gasteiger charge is 2.33. The van der Waals surface area contributed by atoms with Crippen molar-refractivity contribution in [1.82, 2.24) is 14.7 Å². The van der Waals surface area contributed by atoms with Crippen molar-refractivity contribution in [2.24, 2.45) is 5.73 Å². The summed E-state index contributed by atoms with van der Waals surface area (Å²) in [6.45, 7) is 5.72. The zero-order valence-corrected chi connectivity index (χ0v) is 11.9. The third-order valence-corrected chi connectivity index (χ3v) is 3.82. The molecule has 1 fully saturated rings. The van der Waals surface area contributed by atoms with E-state index in [1.165, 1.54) is 0 Å². The summed E-state index contributed by atoms with van der Waals surface area (Å²) < 4.78 is 1.99. The van der Waals surface area contributed by atoms with Crippen LogP contribution in [0.3, 0.4) is 0 Å². The van der Waals surface area contributed by atoms with Crippen LogP contribution in [-0.4, -0.2) is 33.2 Å². The van der Waals surface area contributed by atoms with Crippen LogP contribution in [-0.2, 0) is 11.3 Å². The lowest BCUT2D eigenvalue weighted by Gasteiger charge is -2.33. The number of likely N-dealkylation sites (tertiary alicyclic amines) is 1. The molecule has 1 saturated heterocycles. The molecule has 106 valence electrons. The number of aromatic nitrogens is 2. The Hall–Kier alpha value is -1.36. The van der Waals surface area contributed by atoms with E-state index in [0.29, 0.717) is 13.0 Å². The van der Waals surface area contributed by atoms with Crippen LogP contribution < -0.4 is 5.73 Å². The molecule has 0 radical (unpaired) electrons. The van der Waals surface area contributed by atoms with Gasteiger partial charge in [-0.3, -0.25) is 9.48 Å². The van der Waals surface area contributed by atoms with Crippen molar-refractivity contribution in [3.8, 4) is 0 Å². The first-order valence-electron chi connectivity index (χ1n) is 7.25. The van der Waals surface area contributed by atoms with Gasteiger partial charge < -0.3 is 10.6 Å². The number of nitrogens with two attached hydrogens (primary N) is 1. The minimum absolute atomic E-state index is 0.00120. The van der Waals surface area contributed by atoms with Crippen LogP contribution in [0.25, 0.3) is 0 Å². The Kier molecular flexibility index (Phi) is 4.58. The molecule has 0 saturated carbocycles. The zero-order chi connectivity index (χ0) is 13.8. The van der Waals surface area contributed by atoms with E-state index in [0.717, 1.165) is 31.5 Å². The maximum absolute atomic E-state index is 12.2. The highest BCUT2D eigenvalue weighted by Crippen LogP contribution is 2.29. The molecule has 19 heavy (non-hydrogen) atoms. The second-order valence-corrected chi connectivity index (χ2v) is 5.16. The van der Waals surface area contributed by atoms with Gasteiger partial charge in [-0.05, 0) is 32.3 Å². The van der Waals surface area contributed by atoms with Gasteiger partial charge in [-0.2, -0.15) is 5.10 Å². The summed E-state index contributed by atoms with van der Waals surface area (Å²) in [5.41, 5.74) is 7.40. The fraction of sp³-hybridized carbons (Fsp3) is 0.714. The largest absolute Gasteiger partial charge is 0.333 e. The molecule has 5 nitrogen and oxygen atoms in total. The third kappa shape index (κ3) is 2.81. The van der Waals surface area contributed by atoms with Gasteiger partial charge in [-0.15, -0.1) is 0 Å². The predicted molar refractivity (Wildman–Crippen MR) is 74.5 cm³/mol. The summed E-state index contributed by atoms with van der Waals surface area (Å²) in [5, 5.41) is 4.36. The molecule has 2 atom stereocenters. The Morgan fingerprint density at radius 2 is 2.26 bits per heavy atom. The van der Waals surface area contributed by atoms with E-state index >= 15 is 0 Å². The zero-order valence-electron chi connectivity index (χ0n) is 11.9. The van der Waals surface area contributed by atoms with E-state index < -0.39 is 0 Å². The van der Waals surface area contributed by atoms with E-state index in [1.54, 1.807) is 6.20 Å². The lowest BCUT2D eigenvalue weighted by Crippen LogP contribution is -2.43. The van der Waals surface area contributed by atoms with Crippen molar-refractivity contribution in [2.45, 2.75) is 58.2 Å². The first-order valence-corrected chi connectivity index (χ1v) is 7.25. The van der Waals surface area contributed by atoms with Crippen LogP contribution in [0.15, 0.2) is 12.3 Å². The molecule has 1 amide bonds. The standard InChI is InChI=1S/C14H24N4O/c1-3-10-18-12(8-9-16-18)14-11(15)6-5-7-13(19)17(14)4-2/h8-9,11,14H,3-7,10,15H2,1-2H3. The molecule has 1 aromatic rings. The summed E-state index contributed by atoms with van der Waals surface area (Å²) in [6, 6.07) is 1.97. The second-order valence-electron chi connectivity index (χ2n) is 5.16. The Morgan fingerprint density at radius 1 is 1.47 bits per heavy atom. The van der Waals surface area contributed by atoms with Gasteiger partial charge >= 0.3 is 0 Å². The molecule has 0 aliphatic carbocycles. The lowest BCUT2D eigenvalue weighted by molar-refractivity contribution is -0.133. The summed E-state index contributed by atoms with van der Waals surface area (Å²) in [6.07, 6.45) is 5.22. The van der Waals surface area contributed by atoms with Gasteiger partial charge in [-0.1, -0.05) is 6.92 Å². The fourth-order valence-corrected chi connectivity index (χ4v) is 2.92. The maximum Gasteiger partial charge on any atom is 0.223 e. The van der Waals surface area contributed by atoms with Crippen molar-refractivity contribution in [1.29, 1.82) is 0 Å². The number of nitrogens with zero attached hydrogens (tertiary/aromatic N) is 3. The van der Waals surface area contributed by atoms with Crippen molar-refractivity contribution in [2.75, 3.05) is 6.54 Å². The Balaban J connectivity index is 2.35. The van der Waals surface area contributed by atoms with Crippen molar-refractivity contribution in [3.63, 3.8) is 0 Å². The van der Waals surface area contributed by atoms with Gasteiger partial charge in [0.25, 0.3) is 0 Å². The van der Waals surface area contributed by atoms with Gasteiger partial charge in [-0.25, -0.2) is 0 Å². The molecule has 0 aromatic carbocycles. The van der Waals surface area contributed by atoms with E-state index in [2.05, 4.69) is 12.0 Å². The Bertz CT molecular complexity index is 429. The maximum atomic E-state index is 12.2. The molecule has 1 aliphatic heterocycles. The molecular formula is C14H24N4O. The monoisotopic (exact) mass is 264 g/mol. The summed E-state index contributed by atoms with van der Waals surface area (Å²) in [4.78, 5) is 14.1. The van der Waals surface area contributed by atoms with E-state index in [9.17, 15) is 4.79 Å². The topological polar surface area (TPSA) is 64.2 Å². The van der Waals surface area contributed by atoms with Crippen LogP contribution in [0.1, 0.15) is 51.3 Å². The van der Waals surface area contributed by atoms with Crippen molar-refractivity contribution < 1.29 is 4.79 Å². The number of carbonyl (C=O) groups excluding carboxylic acids is 1. The first kappa shape index (κ1) is 14.1. The van der Waals surface area contributed by atoms with Gasteiger partial charge in [0.2, 0.25) is 5.91 Å². The quantitative estimate of drug-likeness (QED) is 0.900. The molecule has 2 heterocycles. The summed E-state index contributed by atoms with van der Waals surface area (Å²) >= 11 is 0. The molecule has 0 spiro atoms. The Labute approximate surface area is 114 Å². The highest BCUT2D eigenvalue weighted by molar-refractivity contribution is 5.77. The molecule has 0 bridgehead atoms. The second kappa shape index (κ2) is 6.19. The van der Waals surface area contributed by atoms with Gasteiger partial charge in [0, 0.05) is 31.7 Å². The van der Waals surface area contributed by atoms with E-state index in [1.807, 2.05) is 22.6 Å². The van der Waals surface area contributed by atoms with Crippen molar-refractivity contribution in [3.05, 3.63) is 18.0 Å². The molecule has 2 rings (SSSR count). The minimum Gasteiger partial charge on any atom is -0.333 e. The number of aryl methyl sites for hydroxylation is 1. The van der Waals surface area contributed by atoms with Crippen LogP contribution >= 0.6 is 0 Å². The Morgan fingerprint density at radius 3 is 2.95 bits per heavy atom. The number of hydrogen-bond acceptors (Lipinski definition) is 3. The number of amides is 1. The molecule has 2 N–H and O–H groups in total. The molecule has 2 unspecified atom stereocenters. The fourth-order valence-electron chi connectivity index (χ4n) is 2.92. The minimum atomic E-state index is -0.0333. The van der Waals surface area contributed by atoms with Crippen molar-refractivity contribution >= 4 is 5.91 Å². The lowest BCUT2D eigenvalue weighted by atomic mass is 10.0. The number of likely N-dealkylation sites (N-methyl/N-ethyl adjacent to an activating group) is 1. The van der Waals surface area contributed by atoms with Gasteiger partial charge in [0.1, 0.15) is 0 Å². The van der Waals surface area contributed by atoms with Gasteiger partial charge in [0.15, 0.2) is 0 Å². The van der Waals surface area contributed by atoms with Crippen LogP contribution in [0.5, 0.6) is 0 Å². The summed E-state index contributed by atoms with van der Waals surface area (Å²) in [7, 11) is 0. The molecule has 1 aliphatic rings. The summed E-state index contributed by atoms with van der Waals surface area (Å²) in [5.74, 6) is 0.213. The average molecular weight is 264 g/mol.